The number of ether oxygens (including phenoxy) is 1. The van der Waals surface area contributed by atoms with Gasteiger partial charge in [-0.1, -0.05) is 12.1 Å². The van der Waals surface area contributed by atoms with Crippen LogP contribution in [0.2, 0.25) is 0 Å². The fraction of sp³-hybridized carbons (Fsp3) is 0.188. The third-order valence-electron chi connectivity index (χ3n) is 3.24. The highest BCUT2D eigenvalue weighted by atomic mass is 32.1. The highest BCUT2D eigenvalue weighted by Crippen LogP contribution is 2.17. The number of imidazole rings is 1. The Morgan fingerprint density at radius 1 is 1.48 bits per heavy atom. The van der Waals surface area contributed by atoms with E-state index < -0.39 is 0 Å². The molecule has 1 amide bonds. The van der Waals surface area contributed by atoms with Crippen molar-refractivity contribution in [3.8, 4) is 5.75 Å². The van der Waals surface area contributed by atoms with E-state index in [0.29, 0.717) is 18.0 Å². The smallest absolute Gasteiger partial charge is 0.290 e. The summed E-state index contributed by atoms with van der Waals surface area (Å²) in [6, 6.07) is 7.52. The monoisotopic (exact) mass is 328 g/mol. The maximum absolute atomic E-state index is 12.3. The second-order valence-corrected chi connectivity index (χ2v) is 5.64. The van der Waals surface area contributed by atoms with Crippen molar-refractivity contribution >= 4 is 28.4 Å². The molecule has 2 aromatic heterocycles. The number of carbonyl (C=O) groups excluding carboxylic acids is 1. The minimum absolute atomic E-state index is 0.293. The van der Waals surface area contributed by atoms with Crippen molar-refractivity contribution in [2.45, 2.75) is 13.8 Å². The fourth-order valence-electron chi connectivity index (χ4n) is 2.26. The van der Waals surface area contributed by atoms with Gasteiger partial charge in [0, 0.05) is 17.1 Å². The number of rotatable bonds is 5. The Hall–Kier alpha value is -2.67. The number of aromatic nitrogens is 2. The van der Waals surface area contributed by atoms with Gasteiger partial charge in [0.1, 0.15) is 11.4 Å². The van der Waals surface area contributed by atoms with E-state index in [1.165, 1.54) is 11.3 Å². The fourth-order valence-corrected chi connectivity index (χ4v) is 3.01. The van der Waals surface area contributed by atoms with Gasteiger partial charge < -0.3 is 4.74 Å². The molecule has 0 aliphatic rings. The van der Waals surface area contributed by atoms with Gasteiger partial charge in [-0.25, -0.2) is 10.4 Å². The number of para-hydroxylation sites is 1. The lowest BCUT2D eigenvalue weighted by Crippen LogP contribution is -2.20. The second kappa shape index (κ2) is 6.62. The van der Waals surface area contributed by atoms with E-state index in [-0.39, 0.29) is 5.91 Å². The van der Waals surface area contributed by atoms with Gasteiger partial charge in [0.25, 0.3) is 5.91 Å². The van der Waals surface area contributed by atoms with Gasteiger partial charge in [0.2, 0.25) is 0 Å². The second-order valence-electron chi connectivity index (χ2n) is 4.77. The molecule has 7 heteroatoms. The molecule has 2 heterocycles. The Kier molecular flexibility index (Phi) is 4.38. The first kappa shape index (κ1) is 15.2. The van der Waals surface area contributed by atoms with Gasteiger partial charge in [-0.15, -0.1) is 11.3 Å². The van der Waals surface area contributed by atoms with Crippen molar-refractivity contribution in [1.82, 2.24) is 14.8 Å². The number of fused-ring (bicyclic) bond motifs is 1. The Balaban J connectivity index is 1.77. The number of hydrazone groups is 1. The molecule has 0 saturated heterocycles. The zero-order valence-corrected chi connectivity index (χ0v) is 13.6. The zero-order valence-electron chi connectivity index (χ0n) is 12.8. The summed E-state index contributed by atoms with van der Waals surface area (Å²) >= 11 is 1.48. The molecule has 0 spiro atoms. The van der Waals surface area contributed by atoms with Crippen molar-refractivity contribution in [3.63, 3.8) is 0 Å². The molecule has 0 aliphatic heterocycles. The van der Waals surface area contributed by atoms with Crippen LogP contribution in [0, 0.1) is 6.92 Å². The van der Waals surface area contributed by atoms with Gasteiger partial charge in [-0.05, 0) is 26.0 Å². The number of thiazole rings is 1. The summed E-state index contributed by atoms with van der Waals surface area (Å²) in [6.07, 6.45) is 3.40. The van der Waals surface area contributed by atoms with Gasteiger partial charge in [0.15, 0.2) is 4.96 Å². The Bertz CT molecular complexity index is 866. The molecule has 1 N–H and O–H groups in total. The van der Waals surface area contributed by atoms with E-state index in [1.54, 1.807) is 10.6 Å². The number of nitrogens with zero attached hydrogens (tertiary/aromatic N) is 3. The van der Waals surface area contributed by atoms with Crippen molar-refractivity contribution in [2.75, 3.05) is 6.61 Å². The van der Waals surface area contributed by atoms with Crippen molar-refractivity contribution in [2.24, 2.45) is 5.10 Å². The van der Waals surface area contributed by atoms with Crippen molar-refractivity contribution < 1.29 is 9.53 Å². The average Bonchev–Trinajstić information content (AvgIpc) is 3.09. The van der Waals surface area contributed by atoms with Crippen LogP contribution < -0.4 is 10.2 Å². The maximum Gasteiger partial charge on any atom is 0.290 e. The number of hydrogen-bond donors (Lipinski definition) is 1. The van der Waals surface area contributed by atoms with Crippen molar-refractivity contribution in [3.05, 3.63) is 52.8 Å². The summed E-state index contributed by atoms with van der Waals surface area (Å²) in [5.41, 5.74) is 4.53. The van der Waals surface area contributed by atoms with Crippen LogP contribution in [0.5, 0.6) is 5.75 Å². The molecule has 6 nitrogen and oxygen atoms in total. The third kappa shape index (κ3) is 3.09. The molecule has 3 aromatic rings. The summed E-state index contributed by atoms with van der Waals surface area (Å²) in [5, 5.41) is 5.92. The Morgan fingerprint density at radius 2 is 2.30 bits per heavy atom. The van der Waals surface area contributed by atoms with Gasteiger partial charge in [-0.3, -0.25) is 9.20 Å². The van der Waals surface area contributed by atoms with Gasteiger partial charge in [0.05, 0.1) is 18.5 Å². The molecule has 0 saturated carbocycles. The molecular weight excluding hydrogens is 312 g/mol. The molecule has 0 unspecified atom stereocenters. The summed E-state index contributed by atoms with van der Waals surface area (Å²) in [5.74, 6) is 0.437. The van der Waals surface area contributed by atoms with E-state index in [0.717, 1.165) is 16.3 Å². The lowest BCUT2D eigenvalue weighted by molar-refractivity contribution is 0.0948. The van der Waals surface area contributed by atoms with E-state index in [2.05, 4.69) is 15.5 Å². The highest BCUT2D eigenvalue weighted by molar-refractivity contribution is 7.15. The van der Waals surface area contributed by atoms with E-state index >= 15 is 0 Å². The molecule has 118 valence electrons. The first-order valence-electron chi connectivity index (χ1n) is 7.18. The van der Waals surface area contributed by atoms with Crippen LogP contribution in [0.15, 0.2) is 40.9 Å². The topological polar surface area (TPSA) is 68.0 Å². The third-order valence-corrected chi connectivity index (χ3v) is 4.00. The number of hydrogen-bond acceptors (Lipinski definition) is 5. The largest absolute Gasteiger partial charge is 0.493 e. The Labute approximate surface area is 137 Å². The normalized spacial score (nSPS) is 11.2. The van der Waals surface area contributed by atoms with Crippen molar-refractivity contribution in [1.29, 1.82) is 0 Å². The van der Waals surface area contributed by atoms with Crippen LogP contribution in [-0.2, 0) is 0 Å². The number of carbonyl (C=O) groups is 1. The molecule has 0 aliphatic carbocycles. The van der Waals surface area contributed by atoms with Gasteiger partial charge in [-0.2, -0.15) is 5.10 Å². The van der Waals surface area contributed by atoms with Crippen LogP contribution in [0.3, 0.4) is 0 Å². The predicted octanol–water partition coefficient (Wildman–Crippen LogP) is 2.87. The standard InChI is InChI=1S/C16H16N4O2S/c1-3-22-13-7-5-4-6-12(13)10-17-19-15(21)14-11(2)18-16-20(14)8-9-23-16/h4-10H,3H2,1-2H3,(H,19,21)/b17-10-. The maximum atomic E-state index is 12.3. The first-order valence-corrected chi connectivity index (χ1v) is 8.06. The molecule has 0 bridgehead atoms. The molecule has 0 fully saturated rings. The predicted molar refractivity (Wildman–Crippen MR) is 90.5 cm³/mol. The SMILES string of the molecule is CCOc1ccccc1/C=N\NC(=O)c1c(C)nc2sccn12. The molecular formula is C16H16N4O2S. The minimum atomic E-state index is -0.293. The van der Waals surface area contributed by atoms with Crippen LogP contribution in [0.25, 0.3) is 4.96 Å². The van der Waals surface area contributed by atoms with Crippen LogP contribution in [0.4, 0.5) is 0 Å². The molecule has 3 rings (SSSR count). The summed E-state index contributed by atoms with van der Waals surface area (Å²) in [6.45, 7) is 4.30. The first-order chi connectivity index (χ1) is 11.2. The van der Waals surface area contributed by atoms with Crippen LogP contribution >= 0.6 is 11.3 Å². The van der Waals surface area contributed by atoms with E-state index in [9.17, 15) is 4.79 Å². The van der Waals surface area contributed by atoms with Crippen LogP contribution in [0.1, 0.15) is 28.7 Å². The highest BCUT2D eigenvalue weighted by Gasteiger charge is 2.16. The lowest BCUT2D eigenvalue weighted by Gasteiger charge is -2.05. The molecule has 23 heavy (non-hydrogen) atoms. The number of aryl methyl sites for hydroxylation is 1. The zero-order chi connectivity index (χ0) is 16.2. The van der Waals surface area contributed by atoms with E-state index in [1.807, 2.05) is 49.7 Å². The number of benzene rings is 1. The number of nitrogens with one attached hydrogen (secondary N) is 1. The summed E-state index contributed by atoms with van der Waals surface area (Å²) in [7, 11) is 0. The Morgan fingerprint density at radius 3 is 3.13 bits per heavy atom. The quantitative estimate of drug-likeness (QED) is 0.578. The molecule has 1 aromatic carbocycles. The molecule has 0 radical (unpaired) electrons. The average molecular weight is 328 g/mol. The van der Waals surface area contributed by atoms with Crippen LogP contribution in [-0.4, -0.2) is 28.1 Å². The van der Waals surface area contributed by atoms with Gasteiger partial charge >= 0.3 is 0 Å². The lowest BCUT2D eigenvalue weighted by atomic mass is 10.2. The van der Waals surface area contributed by atoms with E-state index in [4.69, 9.17) is 4.74 Å². The summed E-state index contributed by atoms with van der Waals surface area (Å²) < 4.78 is 7.28. The molecule has 0 atom stereocenters. The summed E-state index contributed by atoms with van der Waals surface area (Å²) in [4.78, 5) is 17.5. The number of amides is 1. The minimum Gasteiger partial charge on any atom is -0.493 e.